The Balaban J connectivity index is 1.24. The molecule has 0 saturated carbocycles. The van der Waals surface area contributed by atoms with Crippen LogP contribution in [0.2, 0.25) is 0 Å². The highest BCUT2D eigenvalue weighted by Crippen LogP contribution is 2.59. The zero-order chi connectivity index (χ0) is 31.6. The summed E-state index contributed by atoms with van der Waals surface area (Å²) in [7, 11) is 0. The fourth-order valence-corrected chi connectivity index (χ4v) is 12.4. The first kappa shape index (κ1) is 26.5. The summed E-state index contributed by atoms with van der Waals surface area (Å²) in [5, 5.41) is 7.88. The van der Waals surface area contributed by atoms with Crippen LogP contribution in [-0.4, -0.2) is 9.13 Å². The lowest BCUT2D eigenvalue weighted by Gasteiger charge is -2.37. The minimum atomic E-state index is -2.59. The highest BCUT2D eigenvalue weighted by atomic mass is 32.4. The Morgan fingerprint density at radius 3 is 1.58 bits per heavy atom. The van der Waals surface area contributed by atoms with Gasteiger partial charge in [-0.05, 0) is 48.5 Å². The highest BCUT2D eigenvalue weighted by Gasteiger charge is 2.43. The molecule has 7 aromatic carbocycles. The second kappa shape index (κ2) is 9.48. The number of para-hydroxylation sites is 5. The molecule has 226 valence electrons. The van der Waals surface area contributed by atoms with Crippen molar-refractivity contribution < 1.29 is 9.47 Å². The molecule has 0 amide bonds. The fourth-order valence-electron chi connectivity index (χ4n) is 7.94. The molecule has 2 aliphatic rings. The summed E-state index contributed by atoms with van der Waals surface area (Å²) in [5.74, 6) is 3.15. The van der Waals surface area contributed by atoms with Crippen molar-refractivity contribution in [2.45, 2.75) is 0 Å². The average molecular weight is 653 g/mol. The van der Waals surface area contributed by atoms with Crippen LogP contribution >= 0.6 is 6.04 Å². The second-order valence-corrected chi connectivity index (χ2v) is 16.7. The number of rotatable bonds is 2. The molecule has 0 spiro atoms. The van der Waals surface area contributed by atoms with Crippen LogP contribution in [0.15, 0.2) is 152 Å². The standard InChI is InChI=1S/C42H25N2O2PS/c48-47-40-21-11-10-20-36(40)45-38-22-27(44-32-17-7-4-14-28(32)29-15-5-8-18-33(29)44)23-39(42(38)47)46-37-25-35-31(24-41(37)47)30-16-6-9-19-34(30)43(35)26-12-2-1-3-13-26/h1-25H. The highest BCUT2D eigenvalue weighted by molar-refractivity contribution is 8.26. The number of aromatic nitrogens is 2. The van der Waals surface area contributed by atoms with E-state index in [4.69, 9.17) is 21.3 Å². The van der Waals surface area contributed by atoms with E-state index in [1.54, 1.807) is 0 Å². The van der Waals surface area contributed by atoms with E-state index in [1.165, 1.54) is 16.2 Å². The van der Waals surface area contributed by atoms with E-state index in [0.717, 1.165) is 77.7 Å². The van der Waals surface area contributed by atoms with Gasteiger partial charge in [0, 0.05) is 56.0 Å². The third-order valence-corrected chi connectivity index (χ3v) is 14.8. The van der Waals surface area contributed by atoms with Gasteiger partial charge in [0.25, 0.3) is 0 Å². The van der Waals surface area contributed by atoms with Gasteiger partial charge in [-0.2, -0.15) is 0 Å². The summed E-state index contributed by atoms with van der Waals surface area (Å²) in [6.07, 6.45) is 0. The largest absolute Gasteiger partial charge is 0.456 e. The predicted molar refractivity (Wildman–Crippen MR) is 201 cm³/mol. The molecule has 2 aliphatic heterocycles. The van der Waals surface area contributed by atoms with Crippen molar-refractivity contribution in [1.82, 2.24) is 9.13 Å². The number of hydrogen-bond donors (Lipinski definition) is 0. The number of ether oxygens (including phenoxy) is 2. The third kappa shape index (κ3) is 3.37. The van der Waals surface area contributed by atoms with E-state index in [0.29, 0.717) is 0 Å². The molecule has 0 saturated heterocycles. The van der Waals surface area contributed by atoms with E-state index in [1.807, 2.05) is 12.1 Å². The lowest BCUT2D eigenvalue weighted by molar-refractivity contribution is 0.466. The van der Waals surface area contributed by atoms with E-state index in [2.05, 4.69) is 149 Å². The summed E-state index contributed by atoms with van der Waals surface area (Å²) < 4.78 is 18.4. The molecular weight excluding hydrogens is 628 g/mol. The fraction of sp³-hybridized carbons (Fsp3) is 0. The van der Waals surface area contributed by atoms with Gasteiger partial charge in [-0.15, -0.1) is 0 Å². The monoisotopic (exact) mass is 652 g/mol. The summed E-state index contributed by atoms with van der Waals surface area (Å²) in [5.41, 5.74) is 6.59. The van der Waals surface area contributed by atoms with Crippen LogP contribution in [0.5, 0.6) is 23.0 Å². The normalized spacial score (nSPS) is 16.0. The van der Waals surface area contributed by atoms with E-state index >= 15 is 0 Å². The molecule has 0 N–H and O–H groups in total. The SMILES string of the molecule is S=P12c3ccccc3Oc3cc(-n4c5ccccc5c5ccccc54)cc(c31)Oc1cc3c(cc12)c1ccccc1n3-c1ccccc1. The summed E-state index contributed by atoms with van der Waals surface area (Å²) in [6, 6.07) is 50.8. The quantitative estimate of drug-likeness (QED) is 0.174. The van der Waals surface area contributed by atoms with Crippen LogP contribution in [0.25, 0.3) is 55.0 Å². The predicted octanol–water partition coefficient (Wildman–Crippen LogP) is 9.85. The molecular formula is C42H25N2O2PS. The Labute approximate surface area is 281 Å². The topological polar surface area (TPSA) is 28.3 Å². The molecule has 0 fully saturated rings. The maximum atomic E-state index is 7.02. The zero-order valence-electron chi connectivity index (χ0n) is 25.5. The molecule has 0 aliphatic carbocycles. The number of nitrogens with zero attached hydrogens (tertiary/aromatic N) is 2. The van der Waals surface area contributed by atoms with Crippen LogP contribution in [0.4, 0.5) is 0 Å². The van der Waals surface area contributed by atoms with Gasteiger partial charge in [0.15, 0.2) is 0 Å². The van der Waals surface area contributed by atoms with Gasteiger partial charge in [0.2, 0.25) is 0 Å². The minimum Gasteiger partial charge on any atom is -0.456 e. The molecule has 1 unspecified atom stereocenters. The summed E-state index contributed by atoms with van der Waals surface area (Å²) in [4.78, 5) is 0. The Morgan fingerprint density at radius 1 is 0.396 bits per heavy atom. The third-order valence-electron chi connectivity index (χ3n) is 9.93. The summed E-state index contributed by atoms with van der Waals surface area (Å²) >= 11 is 6.98. The van der Waals surface area contributed by atoms with Crippen molar-refractivity contribution in [3.63, 3.8) is 0 Å². The molecule has 2 aromatic heterocycles. The summed E-state index contributed by atoms with van der Waals surface area (Å²) in [6.45, 7) is 0. The van der Waals surface area contributed by atoms with Gasteiger partial charge < -0.3 is 18.6 Å². The molecule has 4 nitrogen and oxygen atoms in total. The Morgan fingerprint density at radius 2 is 0.917 bits per heavy atom. The van der Waals surface area contributed by atoms with Crippen LogP contribution in [-0.2, 0) is 11.8 Å². The molecule has 4 heterocycles. The number of fused-ring (bicyclic) bond motifs is 10. The zero-order valence-corrected chi connectivity index (χ0v) is 27.2. The Hall–Kier alpha value is -5.61. The van der Waals surface area contributed by atoms with Crippen LogP contribution in [0.1, 0.15) is 0 Å². The van der Waals surface area contributed by atoms with Crippen molar-refractivity contribution in [1.29, 1.82) is 0 Å². The van der Waals surface area contributed by atoms with Crippen molar-refractivity contribution in [2.75, 3.05) is 0 Å². The molecule has 1 atom stereocenters. The maximum absolute atomic E-state index is 7.02. The smallest absolute Gasteiger partial charge is 0.142 e. The molecule has 6 heteroatoms. The van der Waals surface area contributed by atoms with Gasteiger partial charge in [-0.1, -0.05) is 96.7 Å². The van der Waals surface area contributed by atoms with E-state index in [9.17, 15) is 0 Å². The lowest BCUT2D eigenvalue weighted by atomic mass is 10.1. The molecule has 0 radical (unpaired) electrons. The minimum absolute atomic E-state index is 0.761. The average Bonchev–Trinajstić information content (AvgIpc) is 3.64. The van der Waals surface area contributed by atoms with Gasteiger partial charge in [0.05, 0.1) is 39.1 Å². The van der Waals surface area contributed by atoms with Crippen molar-refractivity contribution in [3.8, 4) is 34.4 Å². The number of benzene rings is 7. The van der Waals surface area contributed by atoms with Gasteiger partial charge in [-0.3, -0.25) is 0 Å². The first-order chi connectivity index (χ1) is 23.7. The van der Waals surface area contributed by atoms with E-state index < -0.39 is 6.04 Å². The Kier molecular flexibility index (Phi) is 5.23. The van der Waals surface area contributed by atoms with Crippen LogP contribution in [0, 0.1) is 0 Å². The van der Waals surface area contributed by atoms with E-state index in [-0.39, 0.29) is 0 Å². The lowest BCUT2D eigenvalue weighted by Crippen LogP contribution is -2.35. The van der Waals surface area contributed by atoms with Crippen LogP contribution < -0.4 is 25.4 Å². The molecule has 11 rings (SSSR count). The van der Waals surface area contributed by atoms with Gasteiger partial charge in [0.1, 0.15) is 23.0 Å². The van der Waals surface area contributed by atoms with Crippen molar-refractivity contribution >= 4 is 77.4 Å². The van der Waals surface area contributed by atoms with Gasteiger partial charge >= 0.3 is 0 Å². The maximum Gasteiger partial charge on any atom is 0.142 e. The van der Waals surface area contributed by atoms with Crippen molar-refractivity contribution in [2.24, 2.45) is 0 Å². The second-order valence-electron chi connectivity index (χ2n) is 12.5. The first-order valence-electron chi connectivity index (χ1n) is 16.0. The Bertz CT molecular complexity index is 2830. The van der Waals surface area contributed by atoms with Gasteiger partial charge in [-0.25, -0.2) is 0 Å². The molecule has 0 bridgehead atoms. The van der Waals surface area contributed by atoms with Crippen molar-refractivity contribution in [3.05, 3.63) is 152 Å². The van der Waals surface area contributed by atoms with Crippen LogP contribution in [0.3, 0.4) is 0 Å². The first-order valence-corrected chi connectivity index (χ1v) is 18.8. The molecule has 9 aromatic rings. The number of hydrogen-bond acceptors (Lipinski definition) is 3. The molecule has 48 heavy (non-hydrogen) atoms.